The minimum absolute atomic E-state index is 0.773. The van der Waals surface area contributed by atoms with E-state index < -0.39 is 0 Å². The van der Waals surface area contributed by atoms with Crippen LogP contribution in [0.5, 0.6) is 11.5 Å². The zero-order valence-corrected chi connectivity index (χ0v) is 10.7. The lowest BCUT2D eigenvalue weighted by atomic mass is 10.1. The van der Waals surface area contributed by atoms with Crippen LogP contribution in [0.2, 0.25) is 0 Å². The molecule has 1 aliphatic rings. The minimum atomic E-state index is 0.773. The van der Waals surface area contributed by atoms with E-state index >= 15 is 0 Å². The number of rotatable bonds is 3. The summed E-state index contributed by atoms with van der Waals surface area (Å²) in [5, 5.41) is 0. The molecule has 0 N–H and O–H groups in total. The zero-order chi connectivity index (χ0) is 12.3. The lowest BCUT2D eigenvalue weighted by Crippen LogP contribution is -2.09. The third-order valence-corrected chi connectivity index (χ3v) is 3.16. The van der Waals surface area contributed by atoms with Gasteiger partial charge in [-0.25, -0.2) is 0 Å². The SMILES string of the molecule is COc1ccc(C=C2CCCN2C)cc1OC. The Bertz CT molecular complexity index is 426. The molecule has 1 saturated heterocycles. The first-order valence-corrected chi connectivity index (χ1v) is 5.88. The highest BCUT2D eigenvalue weighted by Crippen LogP contribution is 2.29. The summed E-state index contributed by atoms with van der Waals surface area (Å²) in [4.78, 5) is 2.30. The summed E-state index contributed by atoms with van der Waals surface area (Å²) in [6.45, 7) is 1.15. The highest BCUT2D eigenvalue weighted by Gasteiger charge is 2.12. The summed E-state index contributed by atoms with van der Waals surface area (Å²) in [5.41, 5.74) is 2.55. The molecule has 1 aliphatic heterocycles. The molecule has 0 spiro atoms. The number of hydrogen-bond donors (Lipinski definition) is 0. The number of likely N-dealkylation sites (tertiary alicyclic amines) is 1. The van der Waals surface area contributed by atoms with Crippen molar-refractivity contribution in [3.63, 3.8) is 0 Å². The molecule has 1 fully saturated rings. The van der Waals surface area contributed by atoms with Gasteiger partial charge in [0.1, 0.15) is 0 Å². The maximum Gasteiger partial charge on any atom is 0.161 e. The highest BCUT2D eigenvalue weighted by atomic mass is 16.5. The van der Waals surface area contributed by atoms with Gasteiger partial charge in [-0.05, 0) is 36.6 Å². The topological polar surface area (TPSA) is 21.7 Å². The van der Waals surface area contributed by atoms with Gasteiger partial charge in [-0.15, -0.1) is 0 Å². The lowest BCUT2D eigenvalue weighted by Gasteiger charge is -2.13. The Labute approximate surface area is 103 Å². The minimum Gasteiger partial charge on any atom is -0.493 e. The first-order chi connectivity index (χ1) is 8.24. The van der Waals surface area contributed by atoms with Gasteiger partial charge in [-0.2, -0.15) is 0 Å². The standard InChI is InChI=1S/C14H19NO2/c1-15-8-4-5-12(15)9-11-6-7-13(16-2)14(10-11)17-3/h6-7,9-10H,4-5,8H2,1-3H3. The van der Waals surface area contributed by atoms with Crippen LogP contribution in [-0.4, -0.2) is 32.7 Å². The van der Waals surface area contributed by atoms with E-state index in [4.69, 9.17) is 9.47 Å². The Hall–Kier alpha value is -1.64. The number of nitrogens with zero attached hydrogens (tertiary/aromatic N) is 1. The van der Waals surface area contributed by atoms with Gasteiger partial charge < -0.3 is 14.4 Å². The van der Waals surface area contributed by atoms with E-state index in [-0.39, 0.29) is 0 Å². The van der Waals surface area contributed by atoms with Crippen LogP contribution in [0.25, 0.3) is 6.08 Å². The Balaban J connectivity index is 2.27. The average molecular weight is 233 g/mol. The average Bonchev–Trinajstić information content (AvgIpc) is 2.75. The van der Waals surface area contributed by atoms with E-state index in [2.05, 4.69) is 24.1 Å². The van der Waals surface area contributed by atoms with Gasteiger partial charge in [0.05, 0.1) is 14.2 Å². The van der Waals surface area contributed by atoms with Crippen molar-refractivity contribution >= 4 is 6.08 Å². The summed E-state index contributed by atoms with van der Waals surface area (Å²) in [7, 11) is 5.46. The number of allylic oxidation sites excluding steroid dienone is 1. The van der Waals surface area contributed by atoms with E-state index in [0.717, 1.165) is 30.0 Å². The Morgan fingerprint density at radius 3 is 2.53 bits per heavy atom. The van der Waals surface area contributed by atoms with Crippen LogP contribution in [0.4, 0.5) is 0 Å². The Morgan fingerprint density at radius 1 is 1.18 bits per heavy atom. The predicted molar refractivity (Wildman–Crippen MR) is 69.4 cm³/mol. The summed E-state index contributed by atoms with van der Waals surface area (Å²) in [5.74, 6) is 1.55. The number of benzene rings is 1. The third-order valence-electron chi connectivity index (χ3n) is 3.16. The molecule has 0 bridgehead atoms. The fourth-order valence-electron chi connectivity index (χ4n) is 2.15. The molecule has 0 atom stereocenters. The molecule has 3 heteroatoms. The number of methoxy groups -OCH3 is 2. The zero-order valence-electron chi connectivity index (χ0n) is 10.7. The smallest absolute Gasteiger partial charge is 0.161 e. The van der Waals surface area contributed by atoms with Crippen molar-refractivity contribution in [1.82, 2.24) is 4.90 Å². The van der Waals surface area contributed by atoms with Crippen LogP contribution in [0.3, 0.4) is 0 Å². The van der Waals surface area contributed by atoms with Gasteiger partial charge in [-0.1, -0.05) is 6.07 Å². The predicted octanol–water partition coefficient (Wildman–Crippen LogP) is 2.77. The van der Waals surface area contributed by atoms with E-state index in [0.29, 0.717) is 0 Å². The van der Waals surface area contributed by atoms with Crippen LogP contribution >= 0.6 is 0 Å². The molecule has 0 aliphatic carbocycles. The van der Waals surface area contributed by atoms with Crippen LogP contribution < -0.4 is 9.47 Å². The first-order valence-electron chi connectivity index (χ1n) is 5.88. The maximum atomic E-state index is 5.30. The third kappa shape index (κ3) is 2.54. The molecule has 1 heterocycles. The van der Waals surface area contributed by atoms with Crippen molar-refractivity contribution in [1.29, 1.82) is 0 Å². The molecule has 17 heavy (non-hydrogen) atoms. The molecule has 0 aromatic heterocycles. The van der Waals surface area contributed by atoms with Crippen LogP contribution in [-0.2, 0) is 0 Å². The van der Waals surface area contributed by atoms with Gasteiger partial charge in [0.25, 0.3) is 0 Å². The van der Waals surface area contributed by atoms with Gasteiger partial charge in [0.2, 0.25) is 0 Å². The van der Waals surface area contributed by atoms with Gasteiger partial charge in [-0.3, -0.25) is 0 Å². The first kappa shape index (κ1) is 11.8. The molecule has 1 aromatic rings. The van der Waals surface area contributed by atoms with Crippen LogP contribution in [0, 0.1) is 0 Å². The van der Waals surface area contributed by atoms with Crippen molar-refractivity contribution in [3.05, 3.63) is 29.5 Å². The van der Waals surface area contributed by atoms with Crippen molar-refractivity contribution in [2.75, 3.05) is 27.8 Å². The second-order valence-corrected chi connectivity index (χ2v) is 4.28. The van der Waals surface area contributed by atoms with E-state index in [9.17, 15) is 0 Å². The van der Waals surface area contributed by atoms with E-state index in [1.165, 1.54) is 12.1 Å². The quantitative estimate of drug-likeness (QED) is 0.801. The van der Waals surface area contributed by atoms with Crippen LogP contribution in [0.15, 0.2) is 23.9 Å². The molecule has 0 amide bonds. The summed E-state index contributed by atoms with van der Waals surface area (Å²) in [6, 6.07) is 6.01. The van der Waals surface area contributed by atoms with Crippen molar-refractivity contribution in [2.24, 2.45) is 0 Å². The normalized spacial score (nSPS) is 17.6. The summed E-state index contributed by atoms with van der Waals surface area (Å²) >= 11 is 0. The molecule has 3 nitrogen and oxygen atoms in total. The second-order valence-electron chi connectivity index (χ2n) is 4.28. The fraction of sp³-hybridized carbons (Fsp3) is 0.429. The molecule has 2 rings (SSSR count). The lowest BCUT2D eigenvalue weighted by molar-refractivity contribution is 0.355. The maximum absolute atomic E-state index is 5.30. The van der Waals surface area contributed by atoms with Gasteiger partial charge in [0, 0.05) is 19.3 Å². The van der Waals surface area contributed by atoms with Gasteiger partial charge in [0.15, 0.2) is 11.5 Å². The summed E-state index contributed by atoms with van der Waals surface area (Å²) in [6.07, 6.45) is 4.62. The molecule has 0 unspecified atom stereocenters. The van der Waals surface area contributed by atoms with Gasteiger partial charge >= 0.3 is 0 Å². The Morgan fingerprint density at radius 2 is 1.94 bits per heavy atom. The van der Waals surface area contributed by atoms with Crippen molar-refractivity contribution in [3.8, 4) is 11.5 Å². The van der Waals surface area contributed by atoms with Crippen molar-refractivity contribution in [2.45, 2.75) is 12.8 Å². The molecule has 1 aromatic carbocycles. The molecular formula is C14H19NO2. The second kappa shape index (κ2) is 5.13. The number of hydrogen-bond acceptors (Lipinski definition) is 3. The fourth-order valence-corrected chi connectivity index (χ4v) is 2.15. The van der Waals surface area contributed by atoms with E-state index in [1.54, 1.807) is 14.2 Å². The van der Waals surface area contributed by atoms with Crippen LogP contribution in [0.1, 0.15) is 18.4 Å². The largest absolute Gasteiger partial charge is 0.493 e. The molecule has 0 saturated carbocycles. The number of ether oxygens (including phenoxy) is 2. The summed E-state index contributed by atoms with van der Waals surface area (Å²) < 4.78 is 10.5. The molecular weight excluding hydrogens is 214 g/mol. The highest BCUT2D eigenvalue weighted by molar-refractivity contribution is 5.58. The van der Waals surface area contributed by atoms with E-state index in [1.807, 2.05) is 12.1 Å². The monoisotopic (exact) mass is 233 g/mol. The molecule has 92 valence electrons. The molecule has 0 radical (unpaired) electrons. The Kier molecular flexibility index (Phi) is 3.57. The van der Waals surface area contributed by atoms with Crippen molar-refractivity contribution < 1.29 is 9.47 Å².